The van der Waals surface area contributed by atoms with Gasteiger partial charge in [-0.2, -0.15) is 0 Å². The molecule has 5 nitrogen and oxygen atoms in total. The third-order valence-corrected chi connectivity index (χ3v) is 3.63. The van der Waals surface area contributed by atoms with E-state index in [1.165, 1.54) is 18.3 Å². The van der Waals surface area contributed by atoms with Crippen LogP contribution in [0.1, 0.15) is 47.5 Å². The summed E-state index contributed by atoms with van der Waals surface area (Å²) in [6.07, 6.45) is 3.36. The highest BCUT2D eigenvalue weighted by Gasteiger charge is 2.27. The monoisotopic (exact) mass is 262 g/mol. The van der Waals surface area contributed by atoms with Crippen LogP contribution in [0.5, 0.6) is 0 Å². The first-order valence-corrected chi connectivity index (χ1v) is 6.49. The van der Waals surface area contributed by atoms with Crippen LogP contribution in [0.25, 0.3) is 0 Å². The molecule has 19 heavy (non-hydrogen) atoms. The fraction of sp³-hybridized carbons (Fsp3) is 0.500. The smallest absolute Gasteiger partial charge is 0.354 e. The van der Waals surface area contributed by atoms with Gasteiger partial charge in [-0.15, -0.1) is 0 Å². The SMILES string of the molecule is CC1CCN(C(=O)c2ccc(C(=O)O)nc2)C(C)C1. The van der Waals surface area contributed by atoms with Gasteiger partial charge in [0, 0.05) is 18.8 Å². The number of nitrogens with zero attached hydrogens (tertiary/aromatic N) is 2. The summed E-state index contributed by atoms with van der Waals surface area (Å²) >= 11 is 0. The molecule has 0 spiro atoms. The van der Waals surface area contributed by atoms with Crippen molar-refractivity contribution in [1.82, 2.24) is 9.88 Å². The molecule has 1 aromatic rings. The molecule has 2 heterocycles. The molecule has 1 fully saturated rings. The predicted molar refractivity (Wildman–Crippen MR) is 70.1 cm³/mol. The Balaban J connectivity index is 2.13. The molecule has 0 saturated carbocycles. The summed E-state index contributed by atoms with van der Waals surface area (Å²) in [5.74, 6) is -0.505. The van der Waals surface area contributed by atoms with E-state index >= 15 is 0 Å². The maximum absolute atomic E-state index is 12.3. The van der Waals surface area contributed by atoms with Crippen molar-refractivity contribution in [2.75, 3.05) is 6.54 Å². The molecule has 102 valence electrons. The van der Waals surface area contributed by atoms with E-state index in [1.54, 1.807) is 0 Å². The lowest BCUT2D eigenvalue weighted by atomic mass is 9.93. The molecule has 2 atom stereocenters. The maximum atomic E-state index is 12.3. The number of carbonyl (C=O) groups is 2. The van der Waals surface area contributed by atoms with Crippen LogP contribution in [-0.4, -0.2) is 39.5 Å². The van der Waals surface area contributed by atoms with Crippen LogP contribution in [0.3, 0.4) is 0 Å². The van der Waals surface area contributed by atoms with Gasteiger partial charge in [-0.3, -0.25) is 4.79 Å². The van der Waals surface area contributed by atoms with Gasteiger partial charge >= 0.3 is 5.97 Å². The minimum absolute atomic E-state index is 0.0446. The molecule has 1 aliphatic heterocycles. The van der Waals surface area contributed by atoms with Crippen molar-refractivity contribution in [2.24, 2.45) is 5.92 Å². The maximum Gasteiger partial charge on any atom is 0.354 e. The molecule has 0 radical (unpaired) electrons. The highest BCUT2D eigenvalue weighted by atomic mass is 16.4. The number of hydrogen-bond donors (Lipinski definition) is 1. The van der Waals surface area contributed by atoms with E-state index in [0.717, 1.165) is 19.4 Å². The zero-order chi connectivity index (χ0) is 14.0. The van der Waals surface area contributed by atoms with Crippen LogP contribution in [0.2, 0.25) is 0 Å². The zero-order valence-corrected chi connectivity index (χ0v) is 11.2. The highest BCUT2D eigenvalue weighted by Crippen LogP contribution is 2.23. The molecule has 5 heteroatoms. The van der Waals surface area contributed by atoms with Gasteiger partial charge in [-0.1, -0.05) is 6.92 Å². The first-order chi connectivity index (χ1) is 8.99. The van der Waals surface area contributed by atoms with Gasteiger partial charge in [0.15, 0.2) is 0 Å². The summed E-state index contributed by atoms with van der Waals surface area (Å²) in [5.41, 5.74) is 0.406. The Hall–Kier alpha value is -1.91. The van der Waals surface area contributed by atoms with Crippen LogP contribution >= 0.6 is 0 Å². The third kappa shape index (κ3) is 2.92. The molecular weight excluding hydrogens is 244 g/mol. The molecule has 1 N–H and O–H groups in total. The van der Waals surface area contributed by atoms with Gasteiger partial charge in [0.25, 0.3) is 5.91 Å². The number of carbonyl (C=O) groups excluding carboxylic acids is 1. The summed E-state index contributed by atoms with van der Waals surface area (Å²) in [7, 11) is 0. The molecule has 1 saturated heterocycles. The normalized spacial score (nSPS) is 23.2. The Morgan fingerprint density at radius 3 is 2.63 bits per heavy atom. The number of aromatic carboxylic acids is 1. The third-order valence-electron chi connectivity index (χ3n) is 3.63. The highest BCUT2D eigenvalue weighted by molar-refractivity contribution is 5.95. The van der Waals surface area contributed by atoms with Crippen molar-refractivity contribution in [3.8, 4) is 0 Å². The molecular formula is C14H18N2O3. The summed E-state index contributed by atoms with van der Waals surface area (Å²) < 4.78 is 0. The van der Waals surface area contributed by atoms with E-state index in [9.17, 15) is 9.59 Å². The summed E-state index contributed by atoms with van der Waals surface area (Å²) in [6.45, 7) is 5.00. The van der Waals surface area contributed by atoms with Gasteiger partial charge < -0.3 is 10.0 Å². The van der Waals surface area contributed by atoms with Crippen molar-refractivity contribution >= 4 is 11.9 Å². The average molecular weight is 262 g/mol. The number of aromatic nitrogens is 1. The van der Waals surface area contributed by atoms with Crippen LogP contribution in [0.4, 0.5) is 0 Å². The van der Waals surface area contributed by atoms with E-state index in [2.05, 4.69) is 11.9 Å². The van der Waals surface area contributed by atoms with Gasteiger partial charge in [-0.05, 0) is 37.8 Å². The fourth-order valence-electron chi connectivity index (χ4n) is 2.52. The molecule has 1 amide bonds. The van der Waals surface area contributed by atoms with Gasteiger partial charge in [-0.25, -0.2) is 9.78 Å². The molecule has 1 aromatic heterocycles. The number of amides is 1. The number of carboxylic acid groups (broad SMARTS) is 1. The lowest BCUT2D eigenvalue weighted by molar-refractivity contribution is 0.0586. The topological polar surface area (TPSA) is 70.5 Å². The standard InChI is InChI=1S/C14H18N2O3/c1-9-5-6-16(10(2)7-9)13(17)11-3-4-12(14(18)19)15-8-11/h3-4,8-10H,5-7H2,1-2H3,(H,18,19). The molecule has 2 rings (SSSR count). The summed E-state index contributed by atoms with van der Waals surface area (Å²) in [6, 6.07) is 3.12. The quantitative estimate of drug-likeness (QED) is 0.885. The van der Waals surface area contributed by atoms with E-state index in [0.29, 0.717) is 11.5 Å². The number of carboxylic acids is 1. The van der Waals surface area contributed by atoms with Crippen LogP contribution < -0.4 is 0 Å². The Bertz CT molecular complexity index is 484. The Morgan fingerprint density at radius 1 is 1.37 bits per heavy atom. The second-order valence-corrected chi connectivity index (χ2v) is 5.21. The van der Waals surface area contributed by atoms with Crippen LogP contribution in [-0.2, 0) is 0 Å². The van der Waals surface area contributed by atoms with Crippen molar-refractivity contribution in [3.05, 3.63) is 29.6 Å². The first kappa shape index (κ1) is 13.5. The fourth-order valence-corrected chi connectivity index (χ4v) is 2.52. The predicted octanol–water partition coefficient (Wildman–Crippen LogP) is 2.04. The first-order valence-electron chi connectivity index (χ1n) is 6.49. The Labute approximate surface area is 112 Å². The van der Waals surface area contributed by atoms with Crippen molar-refractivity contribution in [3.63, 3.8) is 0 Å². The molecule has 1 aliphatic rings. The van der Waals surface area contributed by atoms with E-state index in [1.807, 2.05) is 11.8 Å². The van der Waals surface area contributed by atoms with Gasteiger partial charge in [0.05, 0.1) is 5.56 Å². The van der Waals surface area contributed by atoms with E-state index in [-0.39, 0.29) is 17.6 Å². The molecule has 0 aliphatic carbocycles. The van der Waals surface area contributed by atoms with Crippen molar-refractivity contribution in [2.45, 2.75) is 32.7 Å². The average Bonchev–Trinajstić information content (AvgIpc) is 2.38. The number of hydrogen-bond acceptors (Lipinski definition) is 3. The van der Waals surface area contributed by atoms with Crippen LogP contribution in [0, 0.1) is 5.92 Å². The Kier molecular flexibility index (Phi) is 3.83. The minimum Gasteiger partial charge on any atom is -0.477 e. The van der Waals surface area contributed by atoms with E-state index in [4.69, 9.17) is 5.11 Å². The summed E-state index contributed by atoms with van der Waals surface area (Å²) in [4.78, 5) is 28.7. The van der Waals surface area contributed by atoms with Crippen molar-refractivity contribution < 1.29 is 14.7 Å². The molecule has 0 aromatic carbocycles. The molecule has 0 bridgehead atoms. The van der Waals surface area contributed by atoms with Crippen LogP contribution in [0.15, 0.2) is 18.3 Å². The summed E-state index contributed by atoms with van der Waals surface area (Å²) in [5, 5.41) is 8.78. The van der Waals surface area contributed by atoms with Gasteiger partial charge in [0.1, 0.15) is 5.69 Å². The molecule has 2 unspecified atom stereocenters. The Morgan fingerprint density at radius 2 is 2.11 bits per heavy atom. The number of likely N-dealkylation sites (tertiary alicyclic amines) is 1. The van der Waals surface area contributed by atoms with Crippen molar-refractivity contribution in [1.29, 1.82) is 0 Å². The second kappa shape index (κ2) is 5.38. The number of rotatable bonds is 2. The second-order valence-electron chi connectivity index (χ2n) is 5.21. The zero-order valence-electron chi connectivity index (χ0n) is 11.2. The minimum atomic E-state index is -1.08. The lowest BCUT2D eigenvalue weighted by Gasteiger charge is -2.36. The number of piperidine rings is 1. The van der Waals surface area contributed by atoms with Gasteiger partial charge in [0.2, 0.25) is 0 Å². The largest absolute Gasteiger partial charge is 0.477 e. The lowest BCUT2D eigenvalue weighted by Crippen LogP contribution is -2.44. The van der Waals surface area contributed by atoms with E-state index < -0.39 is 5.97 Å². The number of pyridine rings is 1.